The number of benzene rings is 1. The fraction of sp³-hybridized carbons (Fsp3) is 0.333. The summed E-state index contributed by atoms with van der Waals surface area (Å²) < 4.78 is 17.5. The molecule has 1 aliphatic rings. The summed E-state index contributed by atoms with van der Waals surface area (Å²) in [6.45, 7) is 5.15. The zero-order chi connectivity index (χ0) is 13.2. The van der Waals surface area contributed by atoms with Gasteiger partial charge >= 0.3 is 0 Å². The van der Waals surface area contributed by atoms with Gasteiger partial charge in [0.2, 0.25) is 0 Å². The second kappa shape index (κ2) is 5.13. The Hall–Kier alpha value is -1.68. The van der Waals surface area contributed by atoms with Crippen LogP contribution in [0.3, 0.4) is 0 Å². The zero-order valence-electron chi connectivity index (χ0n) is 11.0. The van der Waals surface area contributed by atoms with Gasteiger partial charge in [-0.1, -0.05) is 18.2 Å². The van der Waals surface area contributed by atoms with Crippen molar-refractivity contribution in [1.82, 2.24) is 0 Å². The Morgan fingerprint density at radius 3 is 2.68 bits per heavy atom. The van der Waals surface area contributed by atoms with Gasteiger partial charge in [-0.05, 0) is 26.0 Å². The van der Waals surface area contributed by atoms with Crippen molar-refractivity contribution in [3.8, 4) is 17.2 Å². The predicted molar refractivity (Wildman–Crippen MR) is 75.6 cm³/mol. The van der Waals surface area contributed by atoms with Gasteiger partial charge < -0.3 is 14.2 Å². The number of aryl methyl sites for hydroxylation is 2. The third-order valence-corrected chi connectivity index (χ3v) is 4.01. The quantitative estimate of drug-likeness (QED) is 0.857. The fourth-order valence-corrected chi connectivity index (χ4v) is 3.05. The van der Waals surface area contributed by atoms with Crippen LogP contribution < -0.4 is 14.2 Å². The van der Waals surface area contributed by atoms with E-state index in [1.54, 1.807) is 11.3 Å². The highest BCUT2D eigenvalue weighted by atomic mass is 32.1. The van der Waals surface area contributed by atoms with E-state index in [0.29, 0.717) is 13.2 Å². The maximum absolute atomic E-state index is 5.97. The summed E-state index contributed by atoms with van der Waals surface area (Å²) in [6.07, 6.45) is -0.0552. The number of rotatable bonds is 3. The van der Waals surface area contributed by atoms with Crippen molar-refractivity contribution in [2.45, 2.75) is 20.0 Å². The molecule has 2 heterocycles. The standard InChI is InChI=1S/C15H16O3S/c1-10-14-15(11(2)19-10)18-13(9-17-14)8-16-12-6-4-3-5-7-12/h3-7,13H,8-9H2,1-2H3. The van der Waals surface area contributed by atoms with Crippen LogP contribution in [0.25, 0.3) is 0 Å². The van der Waals surface area contributed by atoms with Gasteiger partial charge in [-0.25, -0.2) is 0 Å². The molecule has 0 bridgehead atoms. The topological polar surface area (TPSA) is 27.7 Å². The molecule has 1 atom stereocenters. The minimum Gasteiger partial charge on any atom is -0.490 e. The molecular formula is C15H16O3S. The molecule has 100 valence electrons. The summed E-state index contributed by atoms with van der Waals surface area (Å²) in [7, 11) is 0. The van der Waals surface area contributed by atoms with Crippen LogP contribution in [0.5, 0.6) is 17.2 Å². The van der Waals surface area contributed by atoms with Crippen molar-refractivity contribution in [2.75, 3.05) is 13.2 Å². The van der Waals surface area contributed by atoms with Gasteiger partial charge in [-0.3, -0.25) is 0 Å². The third kappa shape index (κ3) is 2.54. The van der Waals surface area contributed by atoms with Gasteiger partial charge in [0, 0.05) is 9.75 Å². The molecule has 3 nitrogen and oxygen atoms in total. The highest BCUT2D eigenvalue weighted by Crippen LogP contribution is 2.43. The second-order valence-corrected chi connectivity index (χ2v) is 5.98. The number of ether oxygens (including phenoxy) is 3. The molecular weight excluding hydrogens is 260 g/mol. The first kappa shape index (κ1) is 12.4. The lowest BCUT2D eigenvalue weighted by Crippen LogP contribution is -2.34. The van der Waals surface area contributed by atoms with E-state index in [1.807, 2.05) is 30.3 Å². The Balaban J connectivity index is 1.64. The van der Waals surface area contributed by atoms with Crippen LogP contribution in [0.1, 0.15) is 9.75 Å². The molecule has 19 heavy (non-hydrogen) atoms. The Bertz CT molecular complexity index is 562. The van der Waals surface area contributed by atoms with Crippen LogP contribution in [-0.4, -0.2) is 19.3 Å². The zero-order valence-corrected chi connectivity index (χ0v) is 11.8. The molecule has 0 spiro atoms. The summed E-state index contributed by atoms with van der Waals surface area (Å²) in [4.78, 5) is 2.34. The van der Waals surface area contributed by atoms with E-state index in [4.69, 9.17) is 14.2 Å². The molecule has 2 aromatic rings. The summed E-state index contributed by atoms with van der Waals surface area (Å²) >= 11 is 1.71. The van der Waals surface area contributed by atoms with Gasteiger partial charge in [0.25, 0.3) is 0 Å². The van der Waals surface area contributed by atoms with Crippen LogP contribution in [0.4, 0.5) is 0 Å². The number of hydrogen-bond acceptors (Lipinski definition) is 4. The number of hydrogen-bond donors (Lipinski definition) is 0. The molecule has 1 aromatic carbocycles. The van der Waals surface area contributed by atoms with Gasteiger partial charge in [0.05, 0.1) is 0 Å². The summed E-state index contributed by atoms with van der Waals surface area (Å²) in [6, 6.07) is 9.76. The molecule has 0 radical (unpaired) electrons. The van der Waals surface area contributed by atoms with Crippen molar-refractivity contribution >= 4 is 11.3 Å². The van der Waals surface area contributed by atoms with Gasteiger partial charge in [0.15, 0.2) is 17.6 Å². The van der Waals surface area contributed by atoms with Gasteiger partial charge in [-0.15, -0.1) is 11.3 Å². The van der Waals surface area contributed by atoms with E-state index in [9.17, 15) is 0 Å². The molecule has 1 aromatic heterocycles. The van der Waals surface area contributed by atoms with E-state index in [2.05, 4.69) is 13.8 Å². The molecule has 0 saturated heterocycles. The average Bonchev–Trinajstić information content (AvgIpc) is 2.73. The number of para-hydroxylation sites is 1. The Morgan fingerprint density at radius 1 is 1.16 bits per heavy atom. The monoisotopic (exact) mass is 276 g/mol. The van der Waals surface area contributed by atoms with Crippen LogP contribution in [0.2, 0.25) is 0 Å². The van der Waals surface area contributed by atoms with Crippen molar-refractivity contribution in [2.24, 2.45) is 0 Å². The van der Waals surface area contributed by atoms with E-state index < -0.39 is 0 Å². The largest absolute Gasteiger partial charge is 0.490 e. The summed E-state index contributed by atoms with van der Waals surface area (Å²) in [5.41, 5.74) is 0. The van der Waals surface area contributed by atoms with Gasteiger partial charge in [-0.2, -0.15) is 0 Å². The molecule has 0 aliphatic carbocycles. The van der Waals surface area contributed by atoms with Crippen molar-refractivity contribution < 1.29 is 14.2 Å². The minimum absolute atomic E-state index is 0.0552. The van der Waals surface area contributed by atoms with E-state index in [0.717, 1.165) is 22.1 Å². The Kier molecular flexibility index (Phi) is 3.34. The Morgan fingerprint density at radius 2 is 1.89 bits per heavy atom. The summed E-state index contributed by atoms with van der Waals surface area (Å²) in [5.74, 6) is 2.64. The van der Waals surface area contributed by atoms with Crippen LogP contribution in [0, 0.1) is 13.8 Å². The smallest absolute Gasteiger partial charge is 0.175 e. The highest BCUT2D eigenvalue weighted by molar-refractivity contribution is 7.12. The SMILES string of the molecule is Cc1sc(C)c2c1OCC(COc1ccccc1)O2. The van der Waals surface area contributed by atoms with Crippen LogP contribution >= 0.6 is 11.3 Å². The Labute approximate surface area is 116 Å². The highest BCUT2D eigenvalue weighted by Gasteiger charge is 2.26. The van der Waals surface area contributed by atoms with E-state index >= 15 is 0 Å². The maximum Gasteiger partial charge on any atom is 0.175 e. The van der Waals surface area contributed by atoms with Crippen LogP contribution in [0.15, 0.2) is 30.3 Å². The molecule has 1 unspecified atom stereocenters. The first-order valence-electron chi connectivity index (χ1n) is 6.31. The van der Waals surface area contributed by atoms with Crippen molar-refractivity contribution in [3.05, 3.63) is 40.1 Å². The molecule has 0 amide bonds. The average molecular weight is 276 g/mol. The van der Waals surface area contributed by atoms with Gasteiger partial charge in [0.1, 0.15) is 19.0 Å². The van der Waals surface area contributed by atoms with Crippen molar-refractivity contribution in [1.29, 1.82) is 0 Å². The maximum atomic E-state index is 5.97. The first-order valence-corrected chi connectivity index (χ1v) is 7.13. The van der Waals surface area contributed by atoms with Crippen LogP contribution in [-0.2, 0) is 0 Å². The molecule has 0 saturated carbocycles. The molecule has 4 heteroatoms. The normalized spacial score (nSPS) is 17.3. The molecule has 0 fully saturated rings. The van der Waals surface area contributed by atoms with E-state index in [1.165, 1.54) is 4.88 Å². The molecule has 1 aliphatic heterocycles. The van der Waals surface area contributed by atoms with E-state index in [-0.39, 0.29) is 6.10 Å². The second-order valence-electron chi connectivity index (χ2n) is 4.55. The summed E-state index contributed by atoms with van der Waals surface area (Å²) in [5, 5.41) is 0. The predicted octanol–water partition coefficient (Wildman–Crippen LogP) is 3.58. The lowest BCUT2D eigenvalue weighted by Gasteiger charge is -2.25. The number of fused-ring (bicyclic) bond motifs is 1. The minimum atomic E-state index is -0.0552. The lowest BCUT2D eigenvalue weighted by atomic mass is 10.3. The number of thiophene rings is 1. The fourth-order valence-electron chi connectivity index (χ4n) is 2.11. The lowest BCUT2D eigenvalue weighted by molar-refractivity contribution is 0.0536. The first-order chi connectivity index (χ1) is 9.24. The van der Waals surface area contributed by atoms with Crippen molar-refractivity contribution in [3.63, 3.8) is 0 Å². The third-order valence-electron chi connectivity index (χ3n) is 3.03. The molecule has 0 N–H and O–H groups in total. The molecule has 3 rings (SSSR count).